The molecule has 1 aromatic carbocycles. The molecule has 0 radical (unpaired) electrons. The average Bonchev–Trinajstić information content (AvgIpc) is 2.36. The van der Waals surface area contributed by atoms with Gasteiger partial charge in [0, 0.05) is 24.7 Å². The number of anilines is 1. The Balaban J connectivity index is 2.75. The maximum atomic E-state index is 13.8. The van der Waals surface area contributed by atoms with Crippen molar-refractivity contribution in [1.29, 1.82) is 0 Å². The molecule has 2 rings (SSSR count). The summed E-state index contributed by atoms with van der Waals surface area (Å²) in [5.74, 6) is -0.628. The summed E-state index contributed by atoms with van der Waals surface area (Å²) in [6.07, 6.45) is 0. The number of rotatable bonds is 4. The van der Waals surface area contributed by atoms with E-state index in [0.29, 0.717) is 24.1 Å². The molecule has 1 heterocycles. The standard InChI is InChI=1S/C13H13Cl2FN2O/c1-3-17-9-4-7(6-19-2)18-10-5-8(14)13(16)12(15)11(9)10/h4-5H,3,6H2,1-2H3,(H,17,18). The lowest BCUT2D eigenvalue weighted by atomic mass is 10.1. The Morgan fingerprint density at radius 2 is 2.11 bits per heavy atom. The Bertz CT molecular complexity index is 619. The molecule has 0 aliphatic carbocycles. The summed E-state index contributed by atoms with van der Waals surface area (Å²) in [5, 5.41) is 3.62. The van der Waals surface area contributed by atoms with Crippen LogP contribution in [0.5, 0.6) is 0 Å². The van der Waals surface area contributed by atoms with Gasteiger partial charge in [-0.15, -0.1) is 0 Å². The first-order valence-electron chi connectivity index (χ1n) is 5.78. The molecule has 102 valence electrons. The first-order chi connectivity index (χ1) is 9.08. The van der Waals surface area contributed by atoms with Crippen LogP contribution in [0.4, 0.5) is 10.1 Å². The van der Waals surface area contributed by atoms with E-state index in [0.717, 1.165) is 11.4 Å². The summed E-state index contributed by atoms with van der Waals surface area (Å²) >= 11 is 11.8. The van der Waals surface area contributed by atoms with Crippen molar-refractivity contribution in [3.8, 4) is 0 Å². The Morgan fingerprint density at radius 3 is 2.74 bits per heavy atom. The van der Waals surface area contributed by atoms with E-state index in [4.69, 9.17) is 27.9 Å². The van der Waals surface area contributed by atoms with Crippen LogP contribution in [0.2, 0.25) is 10.0 Å². The number of hydrogen-bond donors (Lipinski definition) is 1. The molecule has 1 aromatic heterocycles. The molecule has 2 aromatic rings. The minimum absolute atomic E-state index is 0.0186. The predicted molar refractivity (Wildman–Crippen MR) is 76.6 cm³/mol. The van der Waals surface area contributed by atoms with Crippen LogP contribution in [0.1, 0.15) is 12.6 Å². The van der Waals surface area contributed by atoms with Gasteiger partial charge in [-0.3, -0.25) is 4.98 Å². The van der Waals surface area contributed by atoms with E-state index in [1.807, 2.05) is 6.92 Å². The molecule has 0 saturated heterocycles. The highest BCUT2D eigenvalue weighted by Gasteiger charge is 2.15. The van der Waals surface area contributed by atoms with Gasteiger partial charge in [-0.1, -0.05) is 23.2 Å². The van der Waals surface area contributed by atoms with Gasteiger partial charge < -0.3 is 10.1 Å². The number of nitrogens with zero attached hydrogens (tertiary/aromatic N) is 1. The van der Waals surface area contributed by atoms with Gasteiger partial charge in [0.25, 0.3) is 0 Å². The summed E-state index contributed by atoms with van der Waals surface area (Å²) in [5.41, 5.74) is 1.99. The SMILES string of the molecule is CCNc1cc(COC)nc2cc(Cl)c(F)c(Cl)c12. The van der Waals surface area contributed by atoms with E-state index in [-0.39, 0.29) is 10.0 Å². The highest BCUT2D eigenvalue weighted by molar-refractivity contribution is 6.39. The quantitative estimate of drug-likeness (QED) is 0.857. The summed E-state index contributed by atoms with van der Waals surface area (Å²) in [6, 6.07) is 3.27. The molecule has 19 heavy (non-hydrogen) atoms. The van der Waals surface area contributed by atoms with Gasteiger partial charge in [-0.05, 0) is 19.1 Å². The van der Waals surface area contributed by atoms with Crippen LogP contribution in [0.25, 0.3) is 10.9 Å². The number of benzene rings is 1. The molecule has 0 saturated carbocycles. The van der Waals surface area contributed by atoms with E-state index in [9.17, 15) is 4.39 Å². The summed E-state index contributed by atoms with van der Waals surface area (Å²) in [6.45, 7) is 3.00. The Kier molecular flexibility index (Phi) is 4.45. The van der Waals surface area contributed by atoms with Crippen molar-refractivity contribution in [2.75, 3.05) is 19.0 Å². The molecule has 0 fully saturated rings. The maximum absolute atomic E-state index is 13.8. The van der Waals surface area contributed by atoms with Crippen molar-refractivity contribution in [3.05, 3.63) is 33.7 Å². The fourth-order valence-electron chi connectivity index (χ4n) is 1.90. The Labute approximate surface area is 120 Å². The van der Waals surface area contributed by atoms with E-state index in [1.165, 1.54) is 6.07 Å². The second kappa shape index (κ2) is 5.90. The number of pyridine rings is 1. The number of methoxy groups -OCH3 is 1. The van der Waals surface area contributed by atoms with E-state index in [2.05, 4.69) is 10.3 Å². The molecule has 0 bridgehead atoms. The average molecular weight is 303 g/mol. The summed E-state index contributed by atoms with van der Waals surface area (Å²) < 4.78 is 18.8. The molecule has 3 nitrogen and oxygen atoms in total. The highest BCUT2D eigenvalue weighted by Crippen LogP contribution is 2.35. The summed E-state index contributed by atoms with van der Waals surface area (Å²) in [4.78, 5) is 4.37. The number of aromatic nitrogens is 1. The van der Waals surface area contributed by atoms with Gasteiger partial charge in [0.15, 0.2) is 5.82 Å². The second-order valence-electron chi connectivity index (χ2n) is 4.00. The third-order valence-electron chi connectivity index (χ3n) is 2.65. The molecule has 0 aliphatic heterocycles. The maximum Gasteiger partial charge on any atom is 0.161 e. The zero-order valence-electron chi connectivity index (χ0n) is 10.6. The number of hydrogen-bond acceptors (Lipinski definition) is 3. The van der Waals surface area contributed by atoms with E-state index in [1.54, 1.807) is 13.2 Å². The zero-order chi connectivity index (χ0) is 14.0. The lowest BCUT2D eigenvalue weighted by Crippen LogP contribution is -2.02. The number of nitrogens with one attached hydrogen (secondary N) is 1. The molecule has 0 aliphatic rings. The van der Waals surface area contributed by atoms with Crippen molar-refractivity contribution in [1.82, 2.24) is 4.98 Å². The monoisotopic (exact) mass is 302 g/mol. The van der Waals surface area contributed by atoms with Crippen LogP contribution >= 0.6 is 23.2 Å². The fourth-order valence-corrected chi connectivity index (χ4v) is 2.45. The molecule has 1 N–H and O–H groups in total. The Morgan fingerprint density at radius 1 is 1.37 bits per heavy atom. The smallest absolute Gasteiger partial charge is 0.161 e. The molecule has 0 unspecified atom stereocenters. The second-order valence-corrected chi connectivity index (χ2v) is 4.79. The van der Waals surface area contributed by atoms with Gasteiger partial charge in [-0.2, -0.15) is 0 Å². The van der Waals surface area contributed by atoms with Crippen molar-refractivity contribution in [2.45, 2.75) is 13.5 Å². The van der Waals surface area contributed by atoms with Crippen LogP contribution in [-0.2, 0) is 11.3 Å². The fraction of sp³-hybridized carbons (Fsp3) is 0.308. The van der Waals surface area contributed by atoms with Gasteiger partial charge in [0.2, 0.25) is 0 Å². The molecular formula is C13H13Cl2FN2O. The minimum atomic E-state index is -0.628. The first-order valence-corrected chi connectivity index (χ1v) is 6.54. The van der Waals surface area contributed by atoms with Gasteiger partial charge in [0.05, 0.1) is 27.9 Å². The minimum Gasteiger partial charge on any atom is -0.385 e. The third-order valence-corrected chi connectivity index (χ3v) is 3.28. The lowest BCUT2D eigenvalue weighted by Gasteiger charge is -2.12. The molecule has 0 spiro atoms. The van der Waals surface area contributed by atoms with Crippen LogP contribution in [0, 0.1) is 5.82 Å². The lowest BCUT2D eigenvalue weighted by molar-refractivity contribution is 0.182. The third kappa shape index (κ3) is 2.76. The molecule has 0 amide bonds. The van der Waals surface area contributed by atoms with Crippen LogP contribution in [0.15, 0.2) is 12.1 Å². The molecular weight excluding hydrogens is 290 g/mol. The molecule has 6 heteroatoms. The normalized spacial score (nSPS) is 11.0. The number of fused-ring (bicyclic) bond motifs is 1. The molecule has 0 atom stereocenters. The number of halogens is 3. The van der Waals surface area contributed by atoms with E-state index < -0.39 is 5.82 Å². The Hall–Kier alpha value is -1.10. The summed E-state index contributed by atoms with van der Waals surface area (Å²) in [7, 11) is 1.59. The number of ether oxygens (including phenoxy) is 1. The van der Waals surface area contributed by atoms with Gasteiger partial charge >= 0.3 is 0 Å². The van der Waals surface area contributed by atoms with Crippen molar-refractivity contribution in [2.24, 2.45) is 0 Å². The van der Waals surface area contributed by atoms with Crippen molar-refractivity contribution < 1.29 is 9.13 Å². The van der Waals surface area contributed by atoms with Crippen LogP contribution in [-0.4, -0.2) is 18.6 Å². The van der Waals surface area contributed by atoms with Crippen LogP contribution < -0.4 is 5.32 Å². The topological polar surface area (TPSA) is 34.1 Å². The zero-order valence-corrected chi connectivity index (χ0v) is 12.1. The van der Waals surface area contributed by atoms with Gasteiger partial charge in [-0.25, -0.2) is 4.39 Å². The highest BCUT2D eigenvalue weighted by atomic mass is 35.5. The van der Waals surface area contributed by atoms with E-state index >= 15 is 0 Å². The van der Waals surface area contributed by atoms with Gasteiger partial charge in [0.1, 0.15) is 0 Å². The van der Waals surface area contributed by atoms with Crippen molar-refractivity contribution in [3.63, 3.8) is 0 Å². The van der Waals surface area contributed by atoms with Crippen LogP contribution in [0.3, 0.4) is 0 Å². The van der Waals surface area contributed by atoms with Crippen molar-refractivity contribution >= 4 is 39.8 Å². The largest absolute Gasteiger partial charge is 0.385 e. The first kappa shape index (κ1) is 14.3. The predicted octanol–water partition coefficient (Wildman–Crippen LogP) is 4.26.